The summed E-state index contributed by atoms with van der Waals surface area (Å²) in [5.41, 5.74) is 2.01. The minimum atomic E-state index is -0.858. The molecule has 0 spiro atoms. The third kappa shape index (κ3) is 5.03. The Labute approximate surface area is 135 Å². The number of carbonyl (C=O) groups excluding carboxylic acids is 1. The van der Waals surface area contributed by atoms with Crippen LogP contribution in [0.1, 0.15) is 29.9 Å². The van der Waals surface area contributed by atoms with Crippen molar-refractivity contribution in [2.75, 3.05) is 13.2 Å². The van der Waals surface area contributed by atoms with Gasteiger partial charge in [-0.3, -0.25) is 0 Å². The van der Waals surface area contributed by atoms with Crippen LogP contribution in [0.3, 0.4) is 0 Å². The lowest BCUT2D eigenvalue weighted by Crippen LogP contribution is -2.37. The zero-order valence-electron chi connectivity index (χ0n) is 13.3. The Bertz CT molecular complexity index is 626. The Balaban J connectivity index is 1.77. The van der Waals surface area contributed by atoms with Gasteiger partial charge in [0.2, 0.25) is 0 Å². The lowest BCUT2D eigenvalue weighted by atomic mass is 10.1. The van der Waals surface area contributed by atoms with E-state index in [1.807, 2.05) is 32.0 Å². The number of nitrogens with one attached hydrogen (secondary N) is 2. The van der Waals surface area contributed by atoms with Crippen molar-refractivity contribution in [2.24, 2.45) is 0 Å². The molecule has 124 valence electrons. The maximum atomic E-state index is 11.8. The van der Waals surface area contributed by atoms with Crippen LogP contribution in [0.4, 0.5) is 4.79 Å². The van der Waals surface area contributed by atoms with E-state index in [4.69, 9.17) is 9.15 Å². The quantitative estimate of drug-likeness (QED) is 0.732. The number of aliphatic hydroxyl groups excluding tert-OH is 1. The number of carbonyl (C=O) groups is 1. The van der Waals surface area contributed by atoms with E-state index >= 15 is 0 Å². The number of urea groups is 1. The van der Waals surface area contributed by atoms with Gasteiger partial charge in [0.15, 0.2) is 0 Å². The molecule has 1 aromatic heterocycles. The van der Waals surface area contributed by atoms with Gasteiger partial charge in [-0.05, 0) is 43.2 Å². The number of amides is 2. The summed E-state index contributed by atoms with van der Waals surface area (Å²) in [6, 6.07) is 8.79. The van der Waals surface area contributed by atoms with E-state index in [1.165, 1.54) is 6.26 Å². The highest BCUT2D eigenvalue weighted by molar-refractivity contribution is 5.73. The first-order valence-corrected chi connectivity index (χ1v) is 7.55. The molecular weight excluding hydrogens is 296 g/mol. The molecule has 2 aromatic rings. The first-order valence-electron chi connectivity index (χ1n) is 7.55. The minimum absolute atomic E-state index is 0.0850. The van der Waals surface area contributed by atoms with Crippen LogP contribution in [0.2, 0.25) is 0 Å². The number of aliphatic hydroxyl groups is 1. The molecule has 0 aliphatic carbocycles. The van der Waals surface area contributed by atoms with E-state index in [1.54, 1.807) is 12.1 Å². The molecule has 0 saturated carbocycles. The zero-order valence-corrected chi connectivity index (χ0v) is 13.3. The van der Waals surface area contributed by atoms with Crippen molar-refractivity contribution >= 4 is 6.03 Å². The average molecular weight is 318 g/mol. The highest BCUT2D eigenvalue weighted by atomic mass is 16.5. The second-order valence-corrected chi connectivity index (χ2v) is 5.13. The van der Waals surface area contributed by atoms with Gasteiger partial charge in [-0.2, -0.15) is 0 Å². The van der Waals surface area contributed by atoms with Crippen molar-refractivity contribution < 1.29 is 19.1 Å². The van der Waals surface area contributed by atoms with Gasteiger partial charge in [0.25, 0.3) is 0 Å². The molecule has 2 amide bonds. The van der Waals surface area contributed by atoms with Crippen molar-refractivity contribution in [3.63, 3.8) is 0 Å². The fourth-order valence-corrected chi connectivity index (χ4v) is 2.15. The molecule has 0 saturated heterocycles. The normalized spacial score (nSPS) is 11.8. The van der Waals surface area contributed by atoms with Crippen LogP contribution < -0.4 is 15.4 Å². The van der Waals surface area contributed by atoms with Gasteiger partial charge in [0.1, 0.15) is 17.6 Å². The van der Waals surface area contributed by atoms with Crippen LogP contribution in [0, 0.1) is 6.92 Å². The summed E-state index contributed by atoms with van der Waals surface area (Å²) in [4.78, 5) is 11.8. The van der Waals surface area contributed by atoms with Crippen LogP contribution in [-0.4, -0.2) is 24.3 Å². The second-order valence-electron chi connectivity index (χ2n) is 5.13. The second kappa shape index (κ2) is 8.24. The summed E-state index contributed by atoms with van der Waals surface area (Å²) in [6.07, 6.45) is 0.621. The molecule has 0 bridgehead atoms. The Morgan fingerprint density at radius 1 is 1.35 bits per heavy atom. The molecule has 1 heterocycles. The first kappa shape index (κ1) is 16.9. The predicted molar refractivity (Wildman–Crippen MR) is 86.3 cm³/mol. The van der Waals surface area contributed by atoms with Crippen molar-refractivity contribution in [1.82, 2.24) is 10.6 Å². The fourth-order valence-electron chi connectivity index (χ4n) is 2.15. The summed E-state index contributed by atoms with van der Waals surface area (Å²) in [5.74, 6) is 1.27. The number of ether oxygens (including phenoxy) is 1. The minimum Gasteiger partial charge on any atom is -0.494 e. The lowest BCUT2D eigenvalue weighted by molar-refractivity contribution is 0.148. The van der Waals surface area contributed by atoms with Crippen LogP contribution in [0.25, 0.3) is 0 Å². The van der Waals surface area contributed by atoms with Crippen LogP contribution in [0.5, 0.6) is 5.75 Å². The van der Waals surface area contributed by atoms with E-state index in [0.29, 0.717) is 18.9 Å². The predicted octanol–water partition coefficient (Wildman–Crippen LogP) is 2.52. The molecule has 2 rings (SSSR count). The molecule has 0 aliphatic heterocycles. The smallest absolute Gasteiger partial charge is 0.315 e. The van der Waals surface area contributed by atoms with Crippen LogP contribution in [0.15, 0.2) is 41.0 Å². The molecule has 3 N–H and O–H groups in total. The van der Waals surface area contributed by atoms with E-state index in [-0.39, 0.29) is 12.6 Å². The number of aryl methyl sites for hydroxylation is 1. The summed E-state index contributed by atoms with van der Waals surface area (Å²) >= 11 is 0. The molecule has 0 radical (unpaired) electrons. The largest absolute Gasteiger partial charge is 0.494 e. The fraction of sp³-hybridized carbons (Fsp3) is 0.353. The van der Waals surface area contributed by atoms with Crippen molar-refractivity contribution in [1.29, 1.82) is 0 Å². The molecule has 6 nitrogen and oxygen atoms in total. The van der Waals surface area contributed by atoms with E-state index in [0.717, 1.165) is 16.9 Å². The lowest BCUT2D eigenvalue weighted by Gasteiger charge is -2.12. The molecule has 0 aliphatic rings. The molecule has 1 unspecified atom stereocenters. The highest BCUT2D eigenvalue weighted by Gasteiger charge is 2.11. The van der Waals surface area contributed by atoms with Crippen molar-refractivity contribution in [3.8, 4) is 5.75 Å². The molecular formula is C17H22N2O4. The van der Waals surface area contributed by atoms with Crippen LogP contribution >= 0.6 is 0 Å². The van der Waals surface area contributed by atoms with Crippen LogP contribution in [-0.2, 0) is 6.54 Å². The topological polar surface area (TPSA) is 83.7 Å². The van der Waals surface area contributed by atoms with Gasteiger partial charge in [-0.15, -0.1) is 0 Å². The summed E-state index contributed by atoms with van der Waals surface area (Å²) < 4.78 is 10.5. The number of hydrogen-bond acceptors (Lipinski definition) is 4. The maximum Gasteiger partial charge on any atom is 0.315 e. The molecule has 0 fully saturated rings. The molecule has 6 heteroatoms. The Morgan fingerprint density at radius 2 is 2.17 bits per heavy atom. The third-order valence-electron chi connectivity index (χ3n) is 3.32. The average Bonchev–Trinajstić information content (AvgIpc) is 3.07. The van der Waals surface area contributed by atoms with Crippen molar-refractivity contribution in [2.45, 2.75) is 26.5 Å². The summed E-state index contributed by atoms with van der Waals surface area (Å²) in [5, 5.41) is 15.2. The zero-order chi connectivity index (χ0) is 16.7. The van der Waals surface area contributed by atoms with Gasteiger partial charge in [0, 0.05) is 6.54 Å². The number of furan rings is 1. The van der Waals surface area contributed by atoms with Gasteiger partial charge in [-0.1, -0.05) is 12.1 Å². The molecule has 23 heavy (non-hydrogen) atoms. The first-order chi connectivity index (χ1) is 11.1. The number of benzene rings is 1. The van der Waals surface area contributed by atoms with E-state index in [9.17, 15) is 9.90 Å². The Morgan fingerprint density at radius 3 is 2.83 bits per heavy atom. The standard InChI is InChI=1S/C17H22N2O4/c1-3-22-15-7-6-13(9-12(15)2)10-18-17(21)19-11-14(20)16-5-4-8-23-16/h4-9,14,20H,3,10-11H2,1-2H3,(H2,18,19,21). The van der Waals surface area contributed by atoms with E-state index in [2.05, 4.69) is 10.6 Å². The number of rotatable bonds is 7. The SMILES string of the molecule is CCOc1ccc(CNC(=O)NCC(O)c2ccco2)cc1C. The summed E-state index contributed by atoms with van der Waals surface area (Å²) in [6.45, 7) is 5.01. The monoisotopic (exact) mass is 318 g/mol. The van der Waals surface area contributed by atoms with Gasteiger partial charge < -0.3 is 24.9 Å². The van der Waals surface area contributed by atoms with Gasteiger partial charge in [-0.25, -0.2) is 4.79 Å². The molecule has 1 aromatic carbocycles. The Hall–Kier alpha value is -2.47. The van der Waals surface area contributed by atoms with Gasteiger partial charge in [0.05, 0.1) is 19.4 Å². The molecule has 1 atom stereocenters. The maximum absolute atomic E-state index is 11.8. The number of hydrogen-bond donors (Lipinski definition) is 3. The summed E-state index contributed by atoms with van der Waals surface area (Å²) in [7, 11) is 0. The Kier molecular flexibility index (Phi) is 6.05. The third-order valence-corrected chi connectivity index (χ3v) is 3.32. The van der Waals surface area contributed by atoms with Gasteiger partial charge >= 0.3 is 6.03 Å². The van der Waals surface area contributed by atoms with E-state index < -0.39 is 6.10 Å². The van der Waals surface area contributed by atoms with Crippen molar-refractivity contribution in [3.05, 3.63) is 53.5 Å². The highest BCUT2D eigenvalue weighted by Crippen LogP contribution is 2.19.